The fourth-order valence-corrected chi connectivity index (χ4v) is 2.48. The Morgan fingerprint density at radius 3 is 2.83 bits per heavy atom. The summed E-state index contributed by atoms with van der Waals surface area (Å²) in [6.45, 7) is 1.12. The van der Waals surface area contributed by atoms with E-state index >= 15 is 0 Å². The van der Waals surface area contributed by atoms with E-state index in [4.69, 9.17) is 5.11 Å². The lowest BCUT2D eigenvalue weighted by Crippen LogP contribution is -2.41. The minimum atomic E-state index is 0.240. The Balaban J connectivity index is 1.87. The van der Waals surface area contributed by atoms with Crippen molar-refractivity contribution in [3.8, 4) is 0 Å². The number of nitrogens with zero attached hydrogens (tertiary/aromatic N) is 2. The summed E-state index contributed by atoms with van der Waals surface area (Å²) in [6, 6.07) is 8.70. The third-order valence-electron chi connectivity index (χ3n) is 3.72. The van der Waals surface area contributed by atoms with Crippen molar-refractivity contribution < 1.29 is 5.11 Å². The number of fused-ring (bicyclic) bond motifs is 1. The number of anilines is 1. The quantitative estimate of drug-likeness (QED) is 0.850. The molecule has 96 valence electrons. The molecular weight excluding hydrogens is 226 g/mol. The van der Waals surface area contributed by atoms with Crippen LogP contribution in [0.3, 0.4) is 0 Å². The van der Waals surface area contributed by atoms with Gasteiger partial charge in [0.25, 0.3) is 0 Å². The lowest BCUT2D eigenvalue weighted by Gasteiger charge is -2.37. The Morgan fingerprint density at radius 2 is 2.17 bits per heavy atom. The molecule has 1 heterocycles. The summed E-state index contributed by atoms with van der Waals surface area (Å²) in [5.74, 6) is 0.953. The first kappa shape index (κ1) is 11.5. The Labute approximate surface area is 107 Å². The van der Waals surface area contributed by atoms with Crippen LogP contribution in [0, 0.1) is 0 Å². The van der Waals surface area contributed by atoms with Crippen molar-refractivity contribution >= 4 is 17.0 Å². The molecule has 2 N–H and O–H groups in total. The van der Waals surface area contributed by atoms with Gasteiger partial charge in [-0.15, -0.1) is 0 Å². The van der Waals surface area contributed by atoms with Crippen molar-refractivity contribution in [2.24, 2.45) is 0 Å². The molecule has 1 aromatic carbocycles. The maximum atomic E-state index is 9.02. The molecule has 4 heteroatoms. The van der Waals surface area contributed by atoms with Crippen LogP contribution in [0.1, 0.15) is 25.7 Å². The zero-order valence-corrected chi connectivity index (χ0v) is 10.5. The molecule has 3 rings (SSSR count). The van der Waals surface area contributed by atoms with Crippen molar-refractivity contribution in [3.63, 3.8) is 0 Å². The number of para-hydroxylation sites is 2. The molecule has 18 heavy (non-hydrogen) atoms. The zero-order valence-electron chi connectivity index (χ0n) is 10.5. The molecule has 0 bridgehead atoms. The number of rotatable bonds is 5. The van der Waals surface area contributed by atoms with Crippen LogP contribution >= 0.6 is 0 Å². The largest absolute Gasteiger partial charge is 0.396 e. The number of benzene rings is 1. The van der Waals surface area contributed by atoms with Crippen LogP contribution in [0.2, 0.25) is 0 Å². The molecule has 1 saturated carbocycles. The Kier molecular flexibility index (Phi) is 3.19. The number of aliphatic hydroxyl groups excluding tert-OH is 1. The highest BCUT2D eigenvalue weighted by molar-refractivity contribution is 5.77. The van der Waals surface area contributed by atoms with E-state index in [1.54, 1.807) is 0 Å². The van der Waals surface area contributed by atoms with Crippen LogP contribution in [-0.2, 0) is 0 Å². The SMILES string of the molecule is OCCCN(c1nc2ccccc2[nH]1)C1CCC1. The van der Waals surface area contributed by atoms with Gasteiger partial charge in [0.05, 0.1) is 11.0 Å². The average molecular weight is 245 g/mol. The third kappa shape index (κ3) is 2.08. The van der Waals surface area contributed by atoms with E-state index in [0.29, 0.717) is 6.04 Å². The molecule has 2 aromatic rings. The van der Waals surface area contributed by atoms with E-state index in [2.05, 4.69) is 20.9 Å². The summed E-state index contributed by atoms with van der Waals surface area (Å²) < 4.78 is 0. The highest BCUT2D eigenvalue weighted by Crippen LogP contribution is 2.29. The van der Waals surface area contributed by atoms with Gasteiger partial charge < -0.3 is 15.0 Å². The molecular formula is C14H19N3O. The van der Waals surface area contributed by atoms with Gasteiger partial charge in [-0.1, -0.05) is 12.1 Å². The van der Waals surface area contributed by atoms with Crippen molar-refractivity contribution in [1.29, 1.82) is 0 Å². The van der Waals surface area contributed by atoms with Crippen LogP contribution in [0.15, 0.2) is 24.3 Å². The molecule has 1 aliphatic rings. The van der Waals surface area contributed by atoms with E-state index < -0.39 is 0 Å². The van der Waals surface area contributed by atoms with Crippen LogP contribution in [0.4, 0.5) is 5.95 Å². The van der Waals surface area contributed by atoms with Crippen LogP contribution in [-0.4, -0.2) is 34.3 Å². The van der Waals surface area contributed by atoms with Gasteiger partial charge in [0, 0.05) is 19.2 Å². The summed E-state index contributed by atoms with van der Waals surface area (Å²) in [5.41, 5.74) is 2.10. The summed E-state index contributed by atoms with van der Waals surface area (Å²) in [5, 5.41) is 9.02. The predicted octanol–water partition coefficient (Wildman–Crippen LogP) is 2.30. The number of hydrogen-bond donors (Lipinski definition) is 2. The number of aromatic nitrogens is 2. The van der Waals surface area contributed by atoms with E-state index in [-0.39, 0.29) is 6.61 Å². The molecule has 1 fully saturated rings. The van der Waals surface area contributed by atoms with Crippen LogP contribution < -0.4 is 4.90 Å². The lowest BCUT2D eigenvalue weighted by atomic mass is 9.91. The van der Waals surface area contributed by atoms with Crippen LogP contribution in [0.25, 0.3) is 11.0 Å². The molecule has 1 aromatic heterocycles. The van der Waals surface area contributed by atoms with Gasteiger partial charge in [0.1, 0.15) is 0 Å². The number of hydrogen-bond acceptors (Lipinski definition) is 3. The van der Waals surface area contributed by atoms with Gasteiger partial charge in [-0.3, -0.25) is 0 Å². The third-order valence-corrected chi connectivity index (χ3v) is 3.72. The molecule has 0 unspecified atom stereocenters. The number of aliphatic hydroxyl groups is 1. The number of H-pyrrole nitrogens is 1. The molecule has 0 saturated heterocycles. The van der Waals surface area contributed by atoms with Crippen molar-refractivity contribution in [2.45, 2.75) is 31.7 Å². The highest BCUT2D eigenvalue weighted by atomic mass is 16.3. The van der Waals surface area contributed by atoms with Gasteiger partial charge in [-0.25, -0.2) is 4.98 Å². The van der Waals surface area contributed by atoms with E-state index in [1.807, 2.05) is 18.2 Å². The maximum Gasteiger partial charge on any atom is 0.204 e. The Bertz CT molecular complexity index is 485. The second-order valence-corrected chi connectivity index (χ2v) is 4.93. The molecule has 0 radical (unpaired) electrons. The number of nitrogens with one attached hydrogen (secondary N) is 1. The lowest BCUT2D eigenvalue weighted by molar-refractivity contribution is 0.282. The predicted molar refractivity (Wildman–Crippen MR) is 72.8 cm³/mol. The van der Waals surface area contributed by atoms with Gasteiger partial charge in [-0.05, 0) is 37.8 Å². The van der Waals surface area contributed by atoms with Gasteiger partial charge in [0.2, 0.25) is 5.95 Å². The molecule has 0 spiro atoms. The maximum absolute atomic E-state index is 9.02. The second kappa shape index (κ2) is 4.98. The standard InChI is InChI=1S/C14H19N3O/c18-10-4-9-17(11-5-3-6-11)14-15-12-7-1-2-8-13(12)16-14/h1-2,7-8,11,18H,3-6,9-10H2,(H,15,16). The number of imidazole rings is 1. The average Bonchev–Trinajstić information content (AvgIpc) is 2.75. The second-order valence-electron chi connectivity index (χ2n) is 4.93. The van der Waals surface area contributed by atoms with Crippen LogP contribution in [0.5, 0.6) is 0 Å². The molecule has 0 amide bonds. The van der Waals surface area contributed by atoms with E-state index in [1.165, 1.54) is 19.3 Å². The monoisotopic (exact) mass is 245 g/mol. The highest BCUT2D eigenvalue weighted by Gasteiger charge is 2.26. The fraction of sp³-hybridized carbons (Fsp3) is 0.500. The first-order valence-electron chi connectivity index (χ1n) is 6.71. The van der Waals surface area contributed by atoms with Gasteiger partial charge in [-0.2, -0.15) is 0 Å². The first-order valence-corrected chi connectivity index (χ1v) is 6.71. The minimum absolute atomic E-state index is 0.240. The normalized spacial score (nSPS) is 15.8. The van der Waals surface area contributed by atoms with Crippen molar-refractivity contribution in [2.75, 3.05) is 18.1 Å². The molecule has 0 aliphatic heterocycles. The molecule has 4 nitrogen and oxygen atoms in total. The Hall–Kier alpha value is -1.55. The smallest absolute Gasteiger partial charge is 0.204 e. The Morgan fingerprint density at radius 1 is 1.33 bits per heavy atom. The van der Waals surface area contributed by atoms with E-state index in [0.717, 1.165) is 29.9 Å². The van der Waals surface area contributed by atoms with Crippen molar-refractivity contribution in [3.05, 3.63) is 24.3 Å². The first-order chi connectivity index (χ1) is 8.88. The summed E-state index contributed by atoms with van der Waals surface area (Å²) >= 11 is 0. The van der Waals surface area contributed by atoms with Gasteiger partial charge in [0.15, 0.2) is 0 Å². The topological polar surface area (TPSA) is 52.1 Å². The fourth-order valence-electron chi connectivity index (χ4n) is 2.48. The number of aromatic amines is 1. The molecule has 0 atom stereocenters. The summed E-state index contributed by atoms with van der Waals surface area (Å²) in [6.07, 6.45) is 4.58. The van der Waals surface area contributed by atoms with Gasteiger partial charge >= 0.3 is 0 Å². The molecule has 1 aliphatic carbocycles. The summed E-state index contributed by atoms with van der Waals surface area (Å²) in [4.78, 5) is 10.4. The van der Waals surface area contributed by atoms with Crippen molar-refractivity contribution in [1.82, 2.24) is 9.97 Å². The zero-order chi connectivity index (χ0) is 12.4. The summed E-state index contributed by atoms with van der Waals surface area (Å²) in [7, 11) is 0. The van der Waals surface area contributed by atoms with E-state index in [9.17, 15) is 0 Å². The minimum Gasteiger partial charge on any atom is -0.396 e.